The Kier molecular flexibility index (Phi) is 5.89. The summed E-state index contributed by atoms with van der Waals surface area (Å²) in [5.41, 5.74) is 3.54. The Labute approximate surface area is 158 Å². The third-order valence-electron chi connectivity index (χ3n) is 3.99. The molecule has 5 heteroatoms. The summed E-state index contributed by atoms with van der Waals surface area (Å²) in [4.78, 5) is 3.31. The zero-order valence-corrected chi connectivity index (χ0v) is 15.9. The number of rotatable bonds is 7. The van der Waals surface area contributed by atoms with E-state index in [0.717, 1.165) is 18.5 Å². The molecule has 0 fully saturated rings. The largest absolute Gasteiger partial charge is 0.488 e. The molecular weight excluding hydrogens is 355 g/mol. The first kappa shape index (κ1) is 18.1. The summed E-state index contributed by atoms with van der Waals surface area (Å²) in [7, 11) is 0. The molecule has 0 radical (unpaired) electrons. The fourth-order valence-electron chi connectivity index (χ4n) is 2.86. The van der Waals surface area contributed by atoms with Crippen LogP contribution in [0.25, 0.3) is 10.9 Å². The molecule has 0 aliphatic carbocycles. The highest BCUT2D eigenvalue weighted by molar-refractivity contribution is 6.37. The zero-order chi connectivity index (χ0) is 17.8. The molecule has 3 nitrogen and oxygen atoms in total. The third kappa shape index (κ3) is 4.49. The van der Waals surface area contributed by atoms with Crippen molar-refractivity contribution < 1.29 is 4.74 Å². The highest BCUT2D eigenvalue weighted by Crippen LogP contribution is 2.34. The van der Waals surface area contributed by atoms with Crippen LogP contribution < -0.4 is 10.1 Å². The number of halogens is 2. The maximum absolute atomic E-state index is 6.30. The summed E-state index contributed by atoms with van der Waals surface area (Å²) in [6, 6.07) is 12.2. The molecule has 0 aliphatic heterocycles. The molecule has 0 aliphatic rings. The van der Waals surface area contributed by atoms with Gasteiger partial charge in [-0.15, -0.1) is 0 Å². The smallest absolute Gasteiger partial charge is 0.156 e. The number of hydrogen-bond acceptors (Lipinski definition) is 2. The van der Waals surface area contributed by atoms with Gasteiger partial charge in [-0.3, -0.25) is 0 Å². The SMILES string of the molecule is CC(C)Oc1c(Cl)cc(CNCCc2c[nH]c3ccccc23)cc1Cl. The van der Waals surface area contributed by atoms with Crippen molar-refractivity contribution in [3.63, 3.8) is 0 Å². The minimum Gasteiger partial charge on any atom is -0.488 e. The lowest BCUT2D eigenvalue weighted by atomic mass is 10.1. The summed E-state index contributed by atoms with van der Waals surface area (Å²) < 4.78 is 5.66. The predicted octanol–water partition coefficient (Wildman–Crippen LogP) is 5.59. The van der Waals surface area contributed by atoms with Crippen molar-refractivity contribution in [1.82, 2.24) is 10.3 Å². The monoisotopic (exact) mass is 376 g/mol. The van der Waals surface area contributed by atoms with Crippen LogP contribution in [-0.2, 0) is 13.0 Å². The lowest BCUT2D eigenvalue weighted by Crippen LogP contribution is -2.16. The summed E-state index contributed by atoms with van der Waals surface area (Å²) in [5.74, 6) is 0.556. The van der Waals surface area contributed by atoms with E-state index >= 15 is 0 Å². The number of aromatic nitrogens is 1. The quantitative estimate of drug-likeness (QED) is 0.527. The molecule has 0 spiro atoms. The molecule has 1 heterocycles. The van der Waals surface area contributed by atoms with E-state index in [1.807, 2.05) is 32.0 Å². The maximum atomic E-state index is 6.30. The Hall–Kier alpha value is -1.68. The highest BCUT2D eigenvalue weighted by Gasteiger charge is 2.11. The summed E-state index contributed by atoms with van der Waals surface area (Å²) in [6.45, 7) is 5.49. The van der Waals surface area contributed by atoms with Crippen LogP contribution in [0.15, 0.2) is 42.6 Å². The topological polar surface area (TPSA) is 37.0 Å². The van der Waals surface area contributed by atoms with Gasteiger partial charge in [0.25, 0.3) is 0 Å². The average Bonchev–Trinajstić information content (AvgIpc) is 2.98. The number of benzene rings is 2. The fourth-order valence-corrected chi connectivity index (χ4v) is 3.48. The second-order valence-corrected chi connectivity index (χ2v) is 7.16. The molecule has 132 valence electrons. The van der Waals surface area contributed by atoms with Crippen molar-refractivity contribution in [2.24, 2.45) is 0 Å². The van der Waals surface area contributed by atoms with Crippen LogP contribution in [0.1, 0.15) is 25.0 Å². The van der Waals surface area contributed by atoms with E-state index in [2.05, 4.69) is 34.7 Å². The van der Waals surface area contributed by atoms with E-state index in [9.17, 15) is 0 Å². The first-order valence-corrected chi connectivity index (χ1v) is 9.20. The molecule has 0 bridgehead atoms. The molecule has 25 heavy (non-hydrogen) atoms. The van der Waals surface area contributed by atoms with Gasteiger partial charge in [0.1, 0.15) is 0 Å². The highest BCUT2D eigenvalue weighted by atomic mass is 35.5. The van der Waals surface area contributed by atoms with Crippen LogP contribution in [0.4, 0.5) is 0 Å². The van der Waals surface area contributed by atoms with Crippen molar-refractivity contribution in [3.8, 4) is 5.75 Å². The van der Waals surface area contributed by atoms with Crippen molar-refractivity contribution in [3.05, 3.63) is 63.8 Å². The minimum absolute atomic E-state index is 0.0372. The predicted molar refractivity (Wildman–Crippen MR) is 106 cm³/mol. The van der Waals surface area contributed by atoms with Crippen LogP contribution in [0.3, 0.4) is 0 Å². The van der Waals surface area contributed by atoms with Crippen LogP contribution in [0.2, 0.25) is 10.0 Å². The van der Waals surface area contributed by atoms with E-state index in [0.29, 0.717) is 22.3 Å². The number of fused-ring (bicyclic) bond motifs is 1. The van der Waals surface area contributed by atoms with E-state index in [4.69, 9.17) is 27.9 Å². The number of aromatic amines is 1. The number of nitrogens with one attached hydrogen (secondary N) is 2. The molecule has 0 saturated heterocycles. The van der Waals surface area contributed by atoms with Gasteiger partial charge in [-0.2, -0.15) is 0 Å². The van der Waals surface area contributed by atoms with Gasteiger partial charge in [0, 0.05) is 23.6 Å². The number of para-hydroxylation sites is 1. The van der Waals surface area contributed by atoms with E-state index in [1.165, 1.54) is 16.5 Å². The maximum Gasteiger partial charge on any atom is 0.156 e. The molecule has 0 saturated carbocycles. The fraction of sp³-hybridized carbons (Fsp3) is 0.300. The van der Waals surface area contributed by atoms with Crippen molar-refractivity contribution >= 4 is 34.1 Å². The first-order chi connectivity index (χ1) is 12.0. The van der Waals surface area contributed by atoms with Gasteiger partial charge in [0.15, 0.2) is 5.75 Å². The minimum atomic E-state index is 0.0372. The molecule has 0 unspecified atom stereocenters. The average molecular weight is 377 g/mol. The Balaban J connectivity index is 1.57. The second-order valence-electron chi connectivity index (χ2n) is 6.34. The molecule has 1 aromatic heterocycles. The van der Waals surface area contributed by atoms with E-state index < -0.39 is 0 Å². The van der Waals surface area contributed by atoms with Crippen molar-refractivity contribution in [2.45, 2.75) is 32.9 Å². The lowest BCUT2D eigenvalue weighted by Gasteiger charge is -2.14. The number of ether oxygens (including phenoxy) is 1. The third-order valence-corrected chi connectivity index (χ3v) is 4.55. The van der Waals surface area contributed by atoms with Gasteiger partial charge in [0.05, 0.1) is 16.1 Å². The lowest BCUT2D eigenvalue weighted by molar-refractivity contribution is 0.242. The molecule has 2 aromatic carbocycles. The normalized spacial score (nSPS) is 11.4. The Morgan fingerprint density at radius 1 is 1.12 bits per heavy atom. The molecule has 2 N–H and O–H groups in total. The van der Waals surface area contributed by atoms with Crippen LogP contribution >= 0.6 is 23.2 Å². The number of H-pyrrole nitrogens is 1. The van der Waals surface area contributed by atoms with Gasteiger partial charge in [0.2, 0.25) is 0 Å². The van der Waals surface area contributed by atoms with Crippen LogP contribution in [0, 0.1) is 0 Å². The summed E-state index contributed by atoms with van der Waals surface area (Å²) in [5, 5.41) is 5.83. The second kappa shape index (κ2) is 8.13. The van der Waals surface area contributed by atoms with E-state index in [-0.39, 0.29) is 6.10 Å². The molecule has 0 amide bonds. The Morgan fingerprint density at radius 3 is 2.56 bits per heavy atom. The van der Waals surface area contributed by atoms with Gasteiger partial charge >= 0.3 is 0 Å². The van der Waals surface area contributed by atoms with E-state index in [1.54, 1.807) is 0 Å². The van der Waals surface area contributed by atoms with Gasteiger partial charge in [-0.25, -0.2) is 0 Å². The molecular formula is C20H22Cl2N2O. The van der Waals surface area contributed by atoms with Crippen LogP contribution in [0.5, 0.6) is 5.75 Å². The van der Waals surface area contributed by atoms with Gasteiger partial charge in [-0.1, -0.05) is 41.4 Å². The Bertz CT molecular complexity index is 835. The van der Waals surface area contributed by atoms with Gasteiger partial charge in [-0.05, 0) is 56.1 Å². The van der Waals surface area contributed by atoms with Gasteiger partial charge < -0.3 is 15.0 Å². The molecule has 3 rings (SSSR count). The van der Waals surface area contributed by atoms with Crippen molar-refractivity contribution in [2.75, 3.05) is 6.54 Å². The number of hydrogen-bond donors (Lipinski definition) is 2. The van der Waals surface area contributed by atoms with Crippen molar-refractivity contribution in [1.29, 1.82) is 0 Å². The summed E-state index contributed by atoms with van der Waals surface area (Å²) in [6.07, 6.45) is 3.08. The van der Waals surface area contributed by atoms with Crippen LogP contribution in [-0.4, -0.2) is 17.6 Å². The molecule has 3 aromatic rings. The zero-order valence-electron chi connectivity index (χ0n) is 14.4. The standard InChI is InChI=1S/C20H22Cl2N2O/c1-13(2)25-20-17(21)9-14(10-18(20)22)11-23-8-7-15-12-24-19-6-4-3-5-16(15)19/h3-6,9-10,12-13,23-24H,7-8,11H2,1-2H3. The summed E-state index contributed by atoms with van der Waals surface area (Å²) >= 11 is 12.6. The Morgan fingerprint density at radius 2 is 1.84 bits per heavy atom. The molecule has 0 atom stereocenters. The first-order valence-electron chi connectivity index (χ1n) is 8.45.